The molecule has 2 aromatic rings. The average Bonchev–Trinajstić information content (AvgIpc) is 2.38. The Bertz CT molecular complexity index is 425. The molecule has 2 rings (SSSR count). The van der Waals surface area contributed by atoms with E-state index in [1.165, 1.54) is 0 Å². The highest BCUT2D eigenvalue weighted by Crippen LogP contribution is 2.16. The van der Waals surface area contributed by atoms with E-state index in [2.05, 4.69) is 15.3 Å². The first-order chi connectivity index (χ1) is 7.90. The Labute approximate surface area is 94.5 Å². The smallest absolute Gasteiger partial charge is 0.222 e. The van der Waals surface area contributed by atoms with E-state index in [0.717, 1.165) is 11.1 Å². The summed E-state index contributed by atoms with van der Waals surface area (Å²) in [7, 11) is 0. The quantitative estimate of drug-likeness (QED) is 0.809. The molecule has 4 nitrogen and oxygen atoms in total. The van der Waals surface area contributed by atoms with Crippen LogP contribution in [0, 0.1) is 0 Å². The van der Waals surface area contributed by atoms with Crippen molar-refractivity contribution in [3.8, 4) is 11.1 Å². The fourth-order valence-corrected chi connectivity index (χ4v) is 1.38. The van der Waals surface area contributed by atoms with Gasteiger partial charge in [0.2, 0.25) is 5.95 Å². The summed E-state index contributed by atoms with van der Waals surface area (Å²) in [5, 5.41) is 3.03. The Hall–Kier alpha value is -1.94. The molecular weight excluding hydrogens is 200 g/mol. The van der Waals surface area contributed by atoms with Gasteiger partial charge in [-0.3, -0.25) is 0 Å². The number of benzene rings is 1. The number of nitrogens with one attached hydrogen (secondary N) is 1. The third kappa shape index (κ3) is 2.55. The van der Waals surface area contributed by atoms with Crippen molar-refractivity contribution in [3.63, 3.8) is 0 Å². The van der Waals surface area contributed by atoms with Gasteiger partial charge in [0.25, 0.3) is 0 Å². The van der Waals surface area contributed by atoms with E-state index < -0.39 is 0 Å². The number of aromatic nitrogens is 2. The van der Waals surface area contributed by atoms with E-state index in [9.17, 15) is 0 Å². The second kappa shape index (κ2) is 5.23. The monoisotopic (exact) mass is 214 g/mol. The number of nitrogens with two attached hydrogens (primary N) is 1. The van der Waals surface area contributed by atoms with E-state index in [-0.39, 0.29) is 0 Å². The third-order valence-electron chi connectivity index (χ3n) is 2.19. The Morgan fingerprint density at radius 1 is 1.00 bits per heavy atom. The van der Waals surface area contributed by atoms with Gasteiger partial charge in [0.05, 0.1) is 0 Å². The highest BCUT2D eigenvalue weighted by molar-refractivity contribution is 5.61. The molecule has 4 heteroatoms. The standard InChI is InChI=1S/C12H14N4/c13-6-7-14-12-15-8-11(9-16-12)10-4-2-1-3-5-10/h1-5,8-9H,6-7,13H2,(H,14,15,16). The predicted molar refractivity (Wildman–Crippen MR) is 65.0 cm³/mol. The van der Waals surface area contributed by atoms with E-state index in [4.69, 9.17) is 5.73 Å². The highest BCUT2D eigenvalue weighted by Gasteiger charge is 1.98. The number of nitrogens with zero attached hydrogens (tertiary/aromatic N) is 2. The maximum atomic E-state index is 5.38. The summed E-state index contributed by atoms with van der Waals surface area (Å²) in [5.41, 5.74) is 7.51. The van der Waals surface area contributed by atoms with Crippen molar-refractivity contribution in [3.05, 3.63) is 42.7 Å². The van der Waals surface area contributed by atoms with Crippen LogP contribution in [0.2, 0.25) is 0 Å². The molecule has 0 aliphatic heterocycles. The molecule has 0 saturated carbocycles. The van der Waals surface area contributed by atoms with Gasteiger partial charge in [-0.25, -0.2) is 9.97 Å². The summed E-state index contributed by atoms with van der Waals surface area (Å²) < 4.78 is 0. The Morgan fingerprint density at radius 3 is 2.31 bits per heavy atom. The molecule has 16 heavy (non-hydrogen) atoms. The molecule has 82 valence electrons. The van der Waals surface area contributed by atoms with Crippen molar-refractivity contribution >= 4 is 5.95 Å². The van der Waals surface area contributed by atoms with Gasteiger partial charge in [-0.1, -0.05) is 30.3 Å². The van der Waals surface area contributed by atoms with E-state index in [1.54, 1.807) is 12.4 Å². The molecule has 0 bridgehead atoms. The van der Waals surface area contributed by atoms with Crippen LogP contribution in [0.15, 0.2) is 42.7 Å². The SMILES string of the molecule is NCCNc1ncc(-c2ccccc2)cn1. The molecule has 1 heterocycles. The molecule has 0 spiro atoms. The summed E-state index contributed by atoms with van der Waals surface area (Å²) >= 11 is 0. The lowest BCUT2D eigenvalue weighted by Gasteiger charge is -2.04. The van der Waals surface area contributed by atoms with Gasteiger partial charge in [-0.15, -0.1) is 0 Å². The van der Waals surface area contributed by atoms with Crippen molar-refractivity contribution in [2.24, 2.45) is 5.73 Å². The number of hydrogen-bond donors (Lipinski definition) is 2. The minimum Gasteiger partial charge on any atom is -0.353 e. The summed E-state index contributed by atoms with van der Waals surface area (Å²) in [6.45, 7) is 1.26. The van der Waals surface area contributed by atoms with Crippen LogP contribution in [-0.2, 0) is 0 Å². The van der Waals surface area contributed by atoms with Crippen LogP contribution in [0.4, 0.5) is 5.95 Å². The lowest BCUT2D eigenvalue weighted by Crippen LogP contribution is -2.14. The second-order valence-electron chi connectivity index (χ2n) is 3.38. The Balaban J connectivity index is 2.13. The molecule has 0 amide bonds. The lowest BCUT2D eigenvalue weighted by atomic mass is 10.1. The normalized spacial score (nSPS) is 10.1. The van der Waals surface area contributed by atoms with Gasteiger partial charge >= 0.3 is 0 Å². The van der Waals surface area contributed by atoms with Crippen LogP contribution in [0.3, 0.4) is 0 Å². The predicted octanol–water partition coefficient (Wildman–Crippen LogP) is 1.51. The van der Waals surface area contributed by atoms with Gasteiger partial charge in [0.15, 0.2) is 0 Å². The summed E-state index contributed by atoms with van der Waals surface area (Å²) in [6, 6.07) is 10.0. The van der Waals surface area contributed by atoms with Crippen LogP contribution in [-0.4, -0.2) is 23.1 Å². The summed E-state index contributed by atoms with van der Waals surface area (Å²) in [4.78, 5) is 8.43. The Morgan fingerprint density at radius 2 is 1.69 bits per heavy atom. The zero-order chi connectivity index (χ0) is 11.2. The Kier molecular flexibility index (Phi) is 3.46. The third-order valence-corrected chi connectivity index (χ3v) is 2.19. The van der Waals surface area contributed by atoms with Crippen molar-refractivity contribution < 1.29 is 0 Å². The van der Waals surface area contributed by atoms with Gasteiger partial charge in [-0.2, -0.15) is 0 Å². The second-order valence-corrected chi connectivity index (χ2v) is 3.38. The number of hydrogen-bond acceptors (Lipinski definition) is 4. The van der Waals surface area contributed by atoms with E-state index in [0.29, 0.717) is 19.0 Å². The number of anilines is 1. The minimum absolute atomic E-state index is 0.573. The fourth-order valence-electron chi connectivity index (χ4n) is 1.38. The first kappa shape index (κ1) is 10.6. The van der Waals surface area contributed by atoms with Crippen LogP contribution in [0.5, 0.6) is 0 Å². The van der Waals surface area contributed by atoms with E-state index >= 15 is 0 Å². The molecule has 0 fully saturated rings. The largest absolute Gasteiger partial charge is 0.353 e. The zero-order valence-electron chi connectivity index (χ0n) is 8.93. The zero-order valence-corrected chi connectivity index (χ0v) is 8.93. The van der Waals surface area contributed by atoms with Gasteiger partial charge in [0, 0.05) is 31.0 Å². The molecule has 0 saturated heterocycles. The van der Waals surface area contributed by atoms with Crippen LogP contribution < -0.4 is 11.1 Å². The molecule has 1 aromatic carbocycles. The molecule has 0 radical (unpaired) electrons. The molecule has 0 aliphatic rings. The molecule has 0 atom stereocenters. The van der Waals surface area contributed by atoms with Crippen molar-refractivity contribution in [1.29, 1.82) is 0 Å². The van der Waals surface area contributed by atoms with E-state index in [1.807, 2.05) is 30.3 Å². The van der Waals surface area contributed by atoms with Crippen molar-refractivity contribution in [1.82, 2.24) is 9.97 Å². The molecule has 0 aliphatic carbocycles. The molecule has 3 N–H and O–H groups in total. The van der Waals surface area contributed by atoms with Crippen molar-refractivity contribution in [2.75, 3.05) is 18.4 Å². The molecular formula is C12H14N4. The molecule has 1 aromatic heterocycles. The van der Waals surface area contributed by atoms with Gasteiger partial charge in [0.1, 0.15) is 0 Å². The van der Waals surface area contributed by atoms with Gasteiger partial charge in [-0.05, 0) is 5.56 Å². The van der Waals surface area contributed by atoms with Crippen LogP contribution >= 0.6 is 0 Å². The number of rotatable bonds is 4. The average molecular weight is 214 g/mol. The maximum absolute atomic E-state index is 5.38. The van der Waals surface area contributed by atoms with Crippen molar-refractivity contribution in [2.45, 2.75) is 0 Å². The maximum Gasteiger partial charge on any atom is 0.222 e. The summed E-state index contributed by atoms with van der Waals surface area (Å²) in [6.07, 6.45) is 3.61. The first-order valence-electron chi connectivity index (χ1n) is 5.21. The topological polar surface area (TPSA) is 63.8 Å². The van der Waals surface area contributed by atoms with Gasteiger partial charge < -0.3 is 11.1 Å². The fraction of sp³-hybridized carbons (Fsp3) is 0.167. The highest BCUT2D eigenvalue weighted by atomic mass is 15.1. The van der Waals surface area contributed by atoms with Crippen LogP contribution in [0.1, 0.15) is 0 Å². The minimum atomic E-state index is 0.573. The molecule has 0 unspecified atom stereocenters. The lowest BCUT2D eigenvalue weighted by molar-refractivity contribution is 0.990. The van der Waals surface area contributed by atoms with Crippen LogP contribution in [0.25, 0.3) is 11.1 Å². The summed E-state index contributed by atoms with van der Waals surface area (Å²) in [5.74, 6) is 0.616. The first-order valence-corrected chi connectivity index (χ1v) is 5.21.